The normalized spacial score (nSPS) is 20.9. The van der Waals surface area contributed by atoms with Gasteiger partial charge in [0, 0.05) is 39.8 Å². The molecule has 1 amide bonds. The van der Waals surface area contributed by atoms with E-state index in [1.54, 1.807) is 0 Å². The Hall–Kier alpha value is -2.22. The topological polar surface area (TPSA) is 72.1 Å². The number of aryl methyl sites for hydroxylation is 3. The Kier molecular flexibility index (Phi) is 4.07. The third kappa shape index (κ3) is 2.84. The van der Waals surface area contributed by atoms with Crippen LogP contribution in [0, 0.1) is 13.8 Å². The van der Waals surface area contributed by atoms with Gasteiger partial charge in [0.25, 0.3) is 0 Å². The molecule has 2 aliphatic rings. The summed E-state index contributed by atoms with van der Waals surface area (Å²) in [7, 11) is 1.95. The summed E-state index contributed by atoms with van der Waals surface area (Å²) in [6.07, 6.45) is 2.18. The summed E-state index contributed by atoms with van der Waals surface area (Å²) in [4.78, 5) is 17.4. The Balaban J connectivity index is 1.67. The van der Waals surface area contributed by atoms with Crippen molar-refractivity contribution in [1.29, 1.82) is 0 Å². The van der Waals surface area contributed by atoms with E-state index in [0.717, 1.165) is 62.1 Å². The molecular formula is C17H25N7O. The molecule has 1 fully saturated rings. The lowest BCUT2D eigenvalue weighted by Gasteiger charge is -2.36. The van der Waals surface area contributed by atoms with E-state index in [0.29, 0.717) is 6.54 Å². The summed E-state index contributed by atoms with van der Waals surface area (Å²) in [5.74, 6) is 1.81. The van der Waals surface area contributed by atoms with Crippen molar-refractivity contribution in [1.82, 2.24) is 34.3 Å². The molecule has 25 heavy (non-hydrogen) atoms. The van der Waals surface area contributed by atoms with Gasteiger partial charge in [-0.1, -0.05) is 0 Å². The Bertz CT molecular complexity index is 787. The lowest BCUT2D eigenvalue weighted by Crippen LogP contribution is -2.47. The molecule has 0 bridgehead atoms. The van der Waals surface area contributed by atoms with Crippen molar-refractivity contribution in [2.45, 2.75) is 45.8 Å². The molecule has 4 heterocycles. The minimum atomic E-state index is -0.358. The van der Waals surface area contributed by atoms with Crippen molar-refractivity contribution in [3.05, 3.63) is 29.1 Å². The highest BCUT2D eigenvalue weighted by atomic mass is 16.2. The van der Waals surface area contributed by atoms with Crippen LogP contribution in [0.15, 0.2) is 6.07 Å². The zero-order chi connectivity index (χ0) is 17.6. The number of nitrogens with zero attached hydrogens (tertiary/aromatic N) is 7. The van der Waals surface area contributed by atoms with Gasteiger partial charge < -0.3 is 9.47 Å². The third-order valence-electron chi connectivity index (χ3n) is 5.30. The number of aromatic nitrogens is 5. The van der Waals surface area contributed by atoms with Crippen LogP contribution in [0.25, 0.3) is 0 Å². The van der Waals surface area contributed by atoms with Crippen LogP contribution in [0.2, 0.25) is 0 Å². The number of hydrogen-bond donors (Lipinski definition) is 0. The van der Waals surface area contributed by atoms with E-state index in [1.165, 1.54) is 0 Å². The Morgan fingerprint density at radius 1 is 1.16 bits per heavy atom. The van der Waals surface area contributed by atoms with Gasteiger partial charge in [0.2, 0.25) is 5.91 Å². The molecule has 0 radical (unpaired) electrons. The fourth-order valence-corrected chi connectivity index (χ4v) is 3.96. The summed E-state index contributed by atoms with van der Waals surface area (Å²) < 4.78 is 3.99. The number of hydrogen-bond acceptors (Lipinski definition) is 5. The minimum absolute atomic E-state index is 0.157. The molecular weight excluding hydrogens is 318 g/mol. The first kappa shape index (κ1) is 16.3. The van der Waals surface area contributed by atoms with E-state index in [4.69, 9.17) is 0 Å². The second-order valence-corrected chi connectivity index (χ2v) is 7.06. The Morgan fingerprint density at radius 3 is 2.60 bits per heavy atom. The molecule has 0 aromatic carbocycles. The third-order valence-corrected chi connectivity index (χ3v) is 5.30. The first-order chi connectivity index (χ1) is 12.0. The summed E-state index contributed by atoms with van der Waals surface area (Å²) in [6.45, 7) is 7.95. The molecule has 1 unspecified atom stereocenters. The quantitative estimate of drug-likeness (QED) is 0.825. The van der Waals surface area contributed by atoms with Crippen LogP contribution in [0.3, 0.4) is 0 Å². The lowest BCUT2D eigenvalue weighted by molar-refractivity contribution is -0.137. The van der Waals surface area contributed by atoms with E-state index < -0.39 is 0 Å². The summed E-state index contributed by atoms with van der Waals surface area (Å²) >= 11 is 0. The van der Waals surface area contributed by atoms with Crippen molar-refractivity contribution < 1.29 is 4.79 Å². The first-order valence-electron chi connectivity index (χ1n) is 8.96. The fourth-order valence-electron chi connectivity index (χ4n) is 3.96. The smallest absolute Gasteiger partial charge is 0.247 e. The standard InChI is InChI=1S/C17H25N7O/c1-12-10-14(21(3)20-12)11-23-8-9-24-13(2)18-19-16(24)15(23)17(25)22-6-4-5-7-22/h10,15H,4-9,11H2,1-3H3. The van der Waals surface area contributed by atoms with E-state index in [1.807, 2.05) is 30.5 Å². The van der Waals surface area contributed by atoms with Gasteiger partial charge in [0.1, 0.15) is 5.82 Å². The zero-order valence-corrected chi connectivity index (χ0v) is 15.1. The molecule has 1 saturated heterocycles. The SMILES string of the molecule is Cc1cc(CN2CCn3c(C)nnc3C2C(=O)N2CCCC2)n(C)n1. The maximum atomic E-state index is 13.2. The van der Waals surface area contributed by atoms with Gasteiger partial charge >= 0.3 is 0 Å². The average molecular weight is 343 g/mol. The van der Waals surface area contributed by atoms with Gasteiger partial charge in [-0.25, -0.2) is 0 Å². The summed E-state index contributed by atoms with van der Waals surface area (Å²) in [5.41, 5.74) is 2.11. The van der Waals surface area contributed by atoms with Gasteiger partial charge in [-0.15, -0.1) is 10.2 Å². The highest BCUT2D eigenvalue weighted by molar-refractivity contribution is 5.83. The fraction of sp³-hybridized carbons (Fsp3) is 0.647. The Labute approximate surface area is 147 Å². The molecule has 0 saturated carbocycles. The number of likely N-dealkylation sites (tertiary alicyclic amines) is 1. The number of fused-ring (bicyclic) bond motifs is 1. The molecule has 4 rings (SSSR count). The molecule has 8 heteroatoms. The van der Waals surface area contributed by atoms with E-state index in [9.17, 15) is 4.79 Å². The molecule has 0 spiro atoms. The van der Waals surface area contributed by atoms with Crippen LogP contribution in [0.4, 0.5) is 0 Å². The number of amides is 1. The van der Waals surface area contributed by atoms with Crippen LogP contribution in [-0.4, -0.2) is 59.9 Å². The second-order valence-electron chi connectivity index (χ2n) is 7.06. The second kappa shape index (κ2) is 6.25. The van der Waals surface area contributed by atoms with Crippen LogP contribution < -0.4 is 0 Å². The molecule has 8 nitrogen and oxygen atoms in total. The van der Waals surface area contributed by atoms with Gasteiger partial charge in [0.05, 0.1) is 11.4 Å². The molecule has 2 aliphatic heterocycles. The first-order valence-corrected chi connectivity index (χ1v) is 8.96. The maximum Gasteiger partial charge on any atom is 0.247 e. The van der Waals surface area contributed by atoms with Gasteiger partial charge in [-0.3, -0.25) is 14.4 Å². The van der Waals surface area contributed by atoms with Crippen molar-refractivity contribution >= 4 is 5.91 Å². The Morgan fingerprint density at radius 2 is 1.92 bits per heavy atom. The van der Waals surface area contributed by atoms with Gasteiger partial charge in [-0.2, -0.15) is 5.10 Å². The average Bonchev–Trinajstić information content (AvgIpc) is 3.29. The van der Waals surface area contributed by atoms with Gasteiger partial charge in [-0.05, 0) is 32.8 Å². The monoisotopic (exact) mass is 343 g/mol. The summed E-state index contributed by atoms with van der Waals surface area (Å²) in [5, 5.41) is 13.0. The number of carbonyl (C=O) groups is 1. The van der Waals surface area contributed by atoms with Crippen LogP contribution in [0.1, 0.15) is 41.9 Å². The van der Waals surface area contributed by atoms with E-state index in [-0.39, 0.29) is 11.9 Å². The molecule has 134 valence electrons. The van der Waals surface area contributed by atoms with Crippen molar-refractivity contribution in [2.24, 2.45) is 7.05 Å². The van der Waals surface area contributed by atoms with Crippen molar-refractivity contribution in [3.63, 3.8) is 0 Å². The molecule has 1 atom stereocenters. The molecule has 0 N–H and O–H groups in total. The molecule has 0 aliphatic carbocycles. The highest BCUT2D eigenvalue weighted by Gasteiger charge is 2.39. The van der Waals surface area contributed by atoms with Crippen LogP contribution >= 0.6 is 0 Å². The predicted molar refractivity (Wildman–Crippen MR) is 91.7 cm³/mol. The van der Waals surface area contributed by atoms with Crippen LogP contribution in [-0.2, 0) is 24.9 Å². The maximum absolute atomic E-state index is 13.2. The van der Waals surface area contributed by atoms with E-state index in [2.05, 4.69) is 30.8 Å². The number of rotatable bonds is 3. The van der Waals surface area contributed by atoms with Crippen molar-refractivity contribution in [3.8, 4) is 0 Å². The zero-order valence-electron chi connectivity index (χ0n) is 15.1. The predicted octanol–water partition coefficient (Wildman–Crippen LogP) is 0.808. The summed E-state index contributed by atoms with van der Waals surface area (Å²) in [6, 6.07) is 1.73. The molecule has 2 aromatic heterocycles. The lowest BCUT2D eigenvalue weighted by atomic mass is 10.1. The largest absolute Gasteiger partial charge is 0.341 e. The van der Waals surface area contributed by atoms with E-state index >= 15 is 0 Å². The minimum Gasteiger partial charge on any atom is -0.341 e. The van der Waals surface area contributed by atoms with Crippen LogP contribution in [0.5, 0.6) is 0 Å². The van der Waals surface area contributed by atoms with Gasteiger partial charge in [0.15, 0.2) is 11.9 Å². The highest BCUT2D eigenvalue weighted by Crippen LogP contribution is 2.29. The molecule has 2 aromatic rings. The number of carbonyl (C=O) groups excluding carboxylic acids is 1. The van der Waals surface area contributed by atoms with Crippen molar-refractivity contribution in [2.75, 3.05) is 19.6 Å².